The molecule has 8 heteroatoms. The molecule has 2 aromatic heterocycles. The average Bonchev–Trinajstić information content (AvgIpc) is 3.23. The van der Waals surface area contributed by atoms with Crippen LogP contribution < -0.4 is 15.0 Å². The van der Waals surface area contributed by atoms with E-state index in [2.05, 4.69) is 9.98 Å². The van der Waals surface area contributed by atoms with Crippen molar-refractivity contribution >= 4 is 34.8 Å². The third-order valence-electron chi connectivity index (χ3n) is 5.25. The predicted molar refractivity (Wildman–Crippen MR) is 118 cm³/mol. The zero-order valence-electron chi connectivity index (χ0n) is 17.2. The molecule has 1 aromatic carbocycles. The summed E-state index contributed by atoms with van der Waals surface area (Å²) in [6.45, 7) is 3.67. The van der Waals surface area contributed by atoms with Crippen LogP contribution in [0.5, 0.6) is 11.5 Å². The number of pyridine rings is 1. The van der Waals surface area contributed by atoms with Crippen LogP contribution in [0.2, 0.25) is 0 Å². The molecule has 1 aliphatic carbocycles. The van der Waals surface area contributed by atoms with Gasteiger partial charge in [0.25, 0.3) is 10.4 Å². The molecule has 0 atom stereocenters. The molecule has 7 nitrogen and oxygen atoms in total. The number of aryl methyl sites for hydroxylation is 1. The lowest BCUT2D eigenvalue weighted by Gasteiger charge is -2.14. The smallest absolute Gasteiger partial charge is 0.289 e. The van der Waals surface area contributed by atoms with Crippen LogP contribution in [0.1, 0.15) is 38.2 Å². The maximum absolute atomic E-state index is 13.0. The number of hydrogen-bond acceptors (Lipinski definition) is 7. The van der Waals surface area contributed by atoms with E-state index in [4.69, 9.17) is 26.1 Å². The molecule has 0 bridgehead atoms. The first kappa shape index (κ1) is 20.3. The van der Waals surface area contributed by atoms with E-state index >= 15 is 0 Å². The van der Waals surface area contributed by atoms with E-state index in [0.717, 1.165) is 29.8 Å². The molecule has 3 aromatic rings. The molecule has 156 valence electrons. The van der Waals surface area contributed by atoms with E-state index in [9.17, 15) is 4.79 Å². The summed E-state index contributed by atoms with van der Waals surface area (Å²) in [5.74, 6) is 1.64. The fraction of sp³-hybridized carbons (Fsp3) is 0.364. The number of aliphatic imine (C=N–C) groups is 1. The lowest BCUT2D eigenvalue weighted by molar-refractivity contribution is 0.210. The molecule has 30 heavy (non-hydrogen) atoms. The number of hydrogen-bond donors (Lipinski definition) is 0. The molecule has 0 radical (unpaired) electrons. The molecule has 0 N–H and O–H groups in total. The van der Waals surface area contributed by atoms with Crippen molar-refractivity contribution in [1.82, 2.24) is 9.55 Å². The van der Waals surface area contributed by atoms with Gasteiger partial charge in [0.1, 0.15) is 11.6 Å². The maximum Gasteiger partial charge on any atom is 0.289 e. The number of nitrogens with zero attached hydrogens (tertiary/aromatic N) is 3. The fourth-order valence-electron chi connectivity index (χ4n) is 3.69. The lowest BCUT2D eigenvalue weighted by atomic mass is 10.2. The number of fused-ring (bicyclic) bond motifs is 1. The molecular weight excluding hydrogens is 402 g/mol. The monoisotopic (exact) mass is 425 g/mol. The first-order valence-corrected chi connectivity index (χ1v) is 10.3. The molecule has 0 unspecified atom stereocenters. The first-order valence-electron chi connectivity index (χ1n) is 9.90. The summed E-state index contributed by atoms with van der Waals surface area (Å²) in [6, 6.07) is 7.38. The Labute approximate surface area is 179 Å². The van der Waals surface area contributed by atoms with Gasteiger partial charge in [-0.05, 0) is 75.5 Å². The van der Waals surface area contributed by atoms with Crippen molar-refractivity contribution in [2.24, 2.45) is 4.99 Å². The van der Waals surface area contributed by atoms with Crippen molar-refractivity contribution in [2.45, 2.75) is 45.6 Å². The standard InChI is InChI=1S/C22H23N3O4S/c1-13-12-16(28-15-6-4-5-7-15)8-9-17(13)24-14(2)25-21(26)19-20(29-22(25)30)18(27-3)10-11-23-19/h8-12,15H,4-7H2,1-3H3. The zero-order chi connectivity index (χ0) is 21.3. The van der Waals surface area contributed by atoms with E-state index in [-0.39, 0.29) is 15.9 Å². The Morgan fingerprint density at radius 2 is 2.07 bits per heavy atom. The minimum atomic E-state index is -0.403. The first-order chi connectivity index (χ1) is 14.5. The van der Waals surface area contributed by atoms with Crippen LogP contribution in [0, 0.1) is 11.8 Å². The topological polar surface area (TPSA) is 78.8 Å². The molecule has 2 heterocycles. The van der Waals surface area contributed by atoms with Crippen LogP contribution in [0.25, 0.3) is 11.1 Å². The van der Waals surface area contributed by atoms with E-state index in [0.29, 0.717) is 17.7 Å². The van der Waals surface area contributed by atoms with Gasteiger partial charge in [0.15, 0.2) is 11.3 Å². The van der Waals surface area contributed by atoms with Crippen LogP contribution in [-0.4, -0.2) is 28.6 Å². The highest BCUT2D eigenvalue weighted by Gasteiger charge is 2.17. The molecule has 0 amide bonds. The van der Waals surface area contributed by atoms with Crippen LogP contribution >= 0.6 is 12.2 Å². The van der Waals surface area contributed by atoms with Gasteiger partial charge in [-0.3, -0.25) is 4.79 Å². The quantitative estimate of drug-likeness (QED) is 0.334. The Morgan fingerprint density at radius 1 is 1.30 bits per heavy atom. The molecule has 0 saturated heterocycles. The summed E-state index contributed by atoms with van der Waals surface area (Å²) in [4.78, 5) is 21.7. The van der Waals surface area contributed by atoms with Crippen LogP contribution in [0.15, 0.2) is 44.7 Å². The molecular formula is C22H23N3O4S. The second-order valence-corrected chi connectivity index (χ2v) is 7.68. The van der Waals surface area contributed by atoms with Gasteiger partial charge >= 0.3 is 0 Å². The molecule has 0 aliphatic heterocycles. The molecule has 4 rings (SSSR count). The highest BCUT2D eigenvalue weighted by molar-refractivity contribution is 7.71. The minimum absolute atomic E-state index is 0.0149. The van der Waals surface area contributed by atoms with Gasteiger partial charge in [-0.15, -0.1) is 0 Å². The van der Waals surface area contributed by atoms with Gasteiger partial charge < -0.3 is 13.9 Å². The number of aromatic nitrogens is 2. The normalized spacial score (nSPS) is 15.0. The summed E-state index contributed by atoms with van der Waals surface area (Å²) in [5, 5.41) is 0. The SMILES string of the molecule is COc1ccnc2c(=O)n(C(C)=Nc3ccc(OC4CCCC4)cc3C)c(=S)oc12. The van der Waals surface area contributed by atoms with Gasteiger partial charge in [0.2, 0.25) is 5.58 Å². The summed E-state index contributed by atoms with van der Waals surface area (Å²) >= 11 is 5.31. The molecule has 1 aliphatic rings. The van der Waals surface area contributed by atoms with Crippen molar-refractivity contribution in [3.8, 4) is 11.5 Å². The largest absolute Gasteiger partial charge is 0.493 e. The van der Waals surface area contributed by atoms with Gasteiger partial charge in [-0.2, -0.15) is 0 Å². The van der Waals surface area contributed by atoms with Crippen LogP contribution in [0.3, 0.4) is 0 Å². The van der Waals surface area contributed by atoms with Crippen LogP contribution in [-0.2, 0) is 0 Å². The fourth-order valence-corrected chi connectivity index (χ4v) is 3.99. The summed E-state index contributed by atoms with van der Waals surface area (Å²) in [5.41, 5.74) is 1.63. The third kappa shape index (κ3) is 3.87. The van der Waals surface area contributed by atoms with Crippen molar-refractivity contribution in [3.05, 3.63) is 51.2 Å². The van der Waals surface area contributed by atoms with E-state index < -0.39 is 5.56 Å². The minimum Gasteiger partial charge on any atom is -0.493 e. The Morgan fingerprint density at radius 3 is 2.77 bits per heavy atom. The average molecular weight is 426 g/mol. The van der Waals surface area contributed by atoms with Crippen molar-refractivity contribution in [2.75, 3.05) is 7.11 Å². The Bertz CT molecular complexity index is 1240. The second-order valence-electron chi connectivity index (χ2n) is 7.33. The number of methoxy groups -OCH3 is 1. The van der Waals surface area contributed by atoms with Gasteiger partial charge in [-0.25, -0.2) is 14.5 Å². The van der Waals surface area contributed by atoms with E-state index in [1.807, 2.05) is 25.1 Å². The molecule has 1 saturated carbocycles. The highest BCUT2D eigenvalue weighted by Crippen LogP contribution is 2.28. The van der Waals surface area contributed by atoms with E-state index in [1.165, 1.54) is 30.7 Å². The Hall–Kier alpha value is -3.00. The van der Waals surface area contributed by atoms with E-state index in [1.54, 1.807) is 13.0 Å². The van der Waals surface area contributed by atoms with Gasteiger partial charge in [0.05, 0.1) is 18.9 Å². The van der Waals surface area contributed by atoms with Gasteiger partial charge in [-0.1, -0.05) is 0 Å². The number of ether oxygens (including phenoxy) is 2. The Balaban J connectivity index is 1.70. The summed E-state index contributed by atoms with van der Waals surface area (Å²) < 4.78 is 18.2. The molecule has 1 fully saturated rings. The Kier molecular flexibility index (Phi) is 5.67. The number of rotatable bonds is 4. The second kappa shape index (κ2) is 8.39. The summed E-state index contributed by atoms with van der Waals surface area (Å²) in [6.07, 6.45) is 6.44. The third-order valence-corrected chi connectivity index (χ3v) is 5.51. The predicted octanol–water partition coefficient (Wildman–Crippen LogP) is 4.96. The van der Waals surface area contributed by atoms with Crippen molar-refractivity contribution in [1.29, 1.82) is 0 Å². The van der Waals surface area contributed by atoms with Crippen molar-refractivity contribution < 1.29 is 13.9 Å². The van der Waals surface area contributed by atoms with Gasteiger partial charge in [0, 0.05) is 12.3 Å². The van der Waals surface area contributed by atoms with Crippen molar-refractivity contribution in [3.63, 3.8) is 0 Å². The summed E-state index contributed by atoms with van der Waals surface area (Å²) in [7, 11) is 1.49. The number of benzene rings is 1. The zero-order valence-corrected chi connectivity index (χ0v) is 18.0. The highest BCUT2D eigenvalue weighted by atomic mass is 32.1. The lowest BCUT2D eigenvalue weighted by Crippen LogP contribution is -2.26. The van der Waals surface area contributed by atoms with Crippen LogP contribution in [0.4, 0.5) is 5.69 Å². The molecule has 0 spiro atoms. The maximum atomic E-state index is 13.0.